The second-order valence-electron chi connectivity index (χ2n) is 5.78. The zero-order valence-electron chi connectivity index (χ0n) is 13.5. The SMILES string of the molecule is [Cl-].[Cl-].[Cr+2][C]1=C(c2cccc3cccnc23)CC=C1Cc1ccccc1. The Morgan fingerprint density at radius 3 is 2.44 bits per heavy atom. The van der Waals surface area contributed by atoms with Gasteiger partial charge in [-0.1, -0.05) is 0 Å². The van der Waals surface area contributed by atoms with Gasteiger partial charge in [-0.25, -0.2) is 0 Å². The number of hydrogen-bond donors (Lipinski definition) is 0. The van der Waals surface area contributed by atoms with Crippen LogP contribution in [0.25, 0.3) is 16.5 Å². The van der Waals surface area contributed by atoms with Crippen LogP contribution in [0.1, 0.15) is 17.5 Å². The molecule has 3 aromatic rings. The molecule has 0 saturated heterocycles. The Labute approximate surface area is 169 Å². The van der Waals surface area contributed by atoms with Crippen LogP contribution in [-0.2, 0) is 22.7 Å². The van der Waals surface area contributed by atoms with Crippen LogP contribution in [0.3, 0.4) is 0 Å². The van der Waals surface area contributed by atoms with Gasteiger partial charge in [0.05, 0.1) is 0 Å². The van der Waals surface area contributed by atoms with Gasteiger partial charge in [-0.3, -0.25) is 0 Å². The first-order valence-corrected chi connectivity index (χ1v) is 8.44. The van der Waals surface area contributed by atoms with E-state index in [2.05, 4.69) is 81.9 Å². The quantitative estimate of drug-likeness (QED) is 0.549. The Morgan fingerprint density at radius 1 is 0.880 bits per heavy atom. The number of benzene rings is 2. The molecule has 1 aromatic heterocycles. The van der Waals surface area contributed by atoms with E-state index < -0.39 is 0 Å². The predicted octanol–water partition coefficient (Wildman–Crippen LogP) is -0.926. The van der Waals surface area contributed by atoms with Crippen LogP contribution < -0.4 is 24.8 Å². The van der Waals surface area contributed by atoms with Gasteiger partial charge >= 0.3 is 145 Å². The van der Waals surface area contributed by atoms with E-state index in [1.165, 1.54) is 32.1 Å². The second kappa shape index (κ2) is 8.70. The number of para-hydroxylation sites is 1. The number of pyridine rings is 1. The molecule has 0 aliphatic heterocycles. The standard InChI is InChI=1S/C21H16N.2ClH.Cr/c1-2-6-16(7-3-1)14-17-11-12-19(15-17)20-10-4-8-18-9-5-13-22-21(18)20;;;/h1-11,13H,12,14H2;2*1H;/q;;;+2/p-2. The Kier molecular flexibility index (Phi) is 6.88. The van der Waals surface area contributed by atoms with Crippen molar-refractivity contribution in [3.8, 4) is 0 Å². The summed E-state index contributed by atoms with van der Waals surface area (Å²) in [6, 6.07) is 21.2. The average Bonchev–Trinajstić information content (AvgIpc) is 2.96. The minimum atomic E-state index is 0. The molecule has 0 bridgehead atoms. The topological polar surface area (TPSA) is 12.9 Å². The van der Waals surface area contributed by atoms with Gasteiger partial charge in [-0.05, 0) is 0 Å². The summed E-state index contributed by atoms with van der Waals surface area (Å²) in [5.74, 6) is 0. The van der Waals surface area contributed by atoms with E-state index in [1.54, 1.807) is 0 Å². The Bertz CT molecular complexity index is 928. The van der Waals surface area contributed by atoms with E-state index in [9.17, 15) is 0 Å². The molecule has 25 heavy (non-hydrogen) atoms. The van der Waals surface area contributed by atoms with Gasteiger partial charge in [0.1, 0.15) is 0 Å². The molecule has 0 spiro atoms. The number of hydrogen-bond acceptors (Lipinski definition) is 1. The number of nitrogens with zero attached hydrogens (tertiary/aromatic N) is 1. The number of fused-ring (bicyclic) bond motifs is 1. The molecule has 4 rings (SSSR count). The second-order valence-corrected chi connectivity index (χ2v) is 6.42. The summed E-state index contributed by atoms with van der Waals surface area (Å²) in [7, 11) is 0. The van der Waals surface area contributed by atoms with Crippen LogP contribution in [-0.4, -0.2) is 4.98 Å². The summed E-state index contributed by atoms with van der Waals surface area (Å²) >= 11 is 3.31. The molecular formula is C21H16Cl2CrN. The van der Waals surface area contributed by atoms with Crippen molar-refractivity contribution in [1.29, 1.82) is 0 Å². The van der Waals surface area contributed by atoms with E-state index in [0.29, 0.717) is 0 Å². The van der Waals surface area contributed by atoms with Crippen molar-refractivity contribution in [3.05, 3.63) is 94.1 Å². The van der Waals surface area contributed by atoms with Crippen LogP contribution >= 0.6 is 0 Å². The van der Waals surface area contributed by atoms with Crippen molar-refractivity contribution < 1.29 is 41.1 Å². The third kappa shape index (κ3) is 4.00. The van der Waals surface area contributed by atoms with Crippen LogP contribution in [0.4, 0.5) is 0 Å². The van der Waals surface area contributed by atoms with Gasteiger partial charge in [-0.15, -0.1) is 0 Å². The molecule has 0 amide bonds. The van der Waals surface area contributed by atoms with Gasteiger partial charge in [0.15, 0.2) is 0 Å². The van der Waals surface area contributed by atoms with Crippen molar-refractivity contribution in [1.82, 2.24) is 4.98 Å². The van der Waals surface area contributed by atoms with Crippen LogP contribution in [0.15, 0.2) is 82.9 Å². The van der Waals surface area contributed by atoms with Gasteiger partial charge in [-0.2, -0.15) is 0 Å². The zero-order valence-corrected chi connectivity index (χ0v) is 16.2. The first-order valence-electron chi connectivity index (χ1n) is 7.80. The van der Waals surface area contributed by atoms with Crippen LogP contribution in [0.2, 0.25) is 0 Å². The molecule has 4 heteroatoms. The van der Waals surface area contributed by atoms with Crippen LogP contribution in [0, 0.1) is 0 Å². The first-order chi connectivity index (χ1) is 11.3. The summed E-state index contributed by atoms with van der Waals surface area (Å²) in [6.45, 7) is 0. The van der Waals surface area contributed by atoms with E-state index in [4.69, 9.17) is 0 Å². The predicted molar refractivity (Wildman–Crippen MR) is 91.5 cm³/mol. The normalized spacial score (nSPS) is 13.2. The van der Waals surface area contributed by atoms with Crippen molar-refractivity contribution >= 4 is 16.5 Å². The number of allylic oxidation sites excluding steroid dienone is 4. The third-order valence-electron chi connectivity index (χ3n) is 4.31. The molecule has 0 saturated carbocycles. The van der Waals surface area contributed by atoms with Crippen molar-refractivity contribution in [2.24, 2.45) is 0 Å². The molecule has 1 aliphatic carbocycles. The third-order valence-corrected chi connectivity index (χ3v) is 5.11. The van der Waals surface area contributed by atoms with E-state index in [1.807, 2.05) is 12.3 Å². The summed E-state index contributed by atoms with van der Waals surface area (Å²) in [5.41, 5.74) is 6.44. The molecule has 0 unspecified atom stereocenters. The van der Waals surface area contributed by atoms with Crippen LogP contribution in [0.5, 0.6) is 0 Å². The first kappa shape index (κ1) is 19.8. The fraction of sp³-hybridized carbons (Fsp3) is 0.0952. The Balaban J connectivity index is 0.00000113. The van der Waals surface area contributed by atoms with Crippen molar-refractivity contribution in [2.75, 3.05) is 0 Å². The average molecular weight is 405 g/mol. The molecule has 125 valence electrons. The van der Waals surface area contributed by atoms with Crippen molar-refractivity contribution in [3.63, 3.8) is 0 Å². The molecule has 0 N–H and O–H groups in total. The molecule has 1 nitrogen and oxygen atoms in total. The summed E-state index contributed by atoms with van der Waals surface area (Å²) in [5, 5.41) is 1.20. The number of halogens is 2. The molecule has 2 aromatic carbocycles. The Morgan fingerprint density at radius 2 is 1.64 bits per heavy atom. The zero-order chi connectivity index (χ0) is 15.6. The Hall–Kier alpha value is -1.56. The summed E-state index contributed by atoms with van der Waals surface area (Å²) < 4.78 is 1.28. The summed E-state index contributed by atoms with van der Waals surface area (Å²) in [6.07, 6.45) is 6.17. The van der Waals surface area contributed by atoms with Crippen molar-refractivity contribution in [2.45, 2.75) is 12.8 Å². The van der Waals surface area contributed by atoms with Gasteiger partial charge in [0, 0.05) is 0 Å². The van der Waals surface area contributed by atoms with Gasteiger partial charge < -0.3 is 24.8 Å². The molecule has 1 aliphatic rings. The number of aromatic nitrogens is 1. The van der Waals surface area contributed by atoms with Gasteiger partial charge in [0.25, 0.3) is 0 Å². The minimum absolute atomic E-state index is 0. The summed E-state index contributed by atoms with van der Waals surface area (Å²) in [4.78, 5) is 4.60. The fourth-order valence-corrected chi connectivity index (χ4v) is 3.70. The number of rotatable bonds is 3. The molecular weight excluding hydrogens is 389 g/mol. The molecule has 0 fully saturated rings. The van der Waals surface area contributed by atoms with Gasteiger partial charge in [0.2, 0.25) is 0 Å². The molecule has 1 heterocycles. The molecule has 0 atom stereocenters. The maximum atomic E-state index is 4.60. The maximum absolute atomic E-state index is 4.60. The van der Waals surface area contributed by atoms with E-state index in [-0.39, 0.29) is 24.8 Å². The monoisotopic (exact) mass is 404 g/mol. The van der Waals surface area contributed by atoms with E-state index >= 15 is 0 Å². The van der Waals surface area contributed by atoms with E-state index in [0.717, 1.165) is 18.4 Å². The molecule has 0 radical (unpaired) electrons. The fourth-order valence-electron chi connectivity index (χ4n) is 3.15.